The normalized spacial score (nSPS) is 11.5. The third kappa shape index (κ3) is 5.96. The topological polar surface area (TPSA) is 16.4 Å². The number of rotatable bonds is 7. The van der Waals surface area contributed by atoms with Gasteiger partial charge >= 0.3 is 0 Å². The summed E-state index contributed by atoms with van der Waals surface area (Å²) in [5.41, 5.74) is 14.2. The van der Waals surface area contributed by atoms with Crippen LogP contribution in [0.2, 0.25) is 0 Å². The van der Waals surface area contributed by atoms with Gasteiger partial charge in [0.05, 0.1) is 16.8 Å². The van der Waals surface area contributed by atoms with Crippen molar-refractivity contribution < 1.29 is 4.42 Å². The minimum absolute atomic E-state index is 0.858. The van der Waals surface area contributed by atoms with E-state index in [2.05, 4.69) is 241 Å². The van der Waals surface area contributed by atoms with Crippen molar-refractivity contribution in [3.8, 4) is 44.5 Å². The molecule has 62 heavy (non-hydrogen) atoms. The lowest BCUT2D eigenvalue weighted by atomic mass is 9.91. The standard InChI is InChI=1S/C60H39NO/c1-2-16-40(17-3-1)43-21-14-22-44(38-43)50-25-10-12-30-56(50)61(46-34-32-42(33-35-46)48-29-15-20-41-18-4-6-23-47(41)48)57-37-36-53(60-59(57)54-28-11-13-31-58(54)62-60)55-39-45-19-5-7-24-49(45)51-26-8-9-27-52(51)55/h1-39H. The molecule has 11 aromatic carbocycles. The second-order valence-corrected chi connectivity index (χ2v) is 16.0. The number of para-hydroxylation sites is 2. The number of hydrogen-bond acceptors (Lipinski definition) is 2. The van der Waals surface area contributed by atoms with Crippen molar-refractivity contribution in [1.29, 1.82) is 0 Å². The zero-order valence-electron chi connectivity index (χ0n) is 33.9. The number of anilines is 3. The quantitative estimate of drug-likeness (QED) is 0.150. The maximum absolute atomic E-state index is 7.03. The molecule has 2 nitrogen and oxygen atoms in total. The molecule has 0 spiro atoms. The van der Waals surface area contributed by atoms with E-state index in [9.17, 15) is 0 Å². The highest BCUT2D eigenvalue weighted by molar-refractivity contribution is 6.21. The van der Waals surface area contributed by atoms with Crippen LogP contribution in [-0.4, -0.2) is 0 Å². The average Bonchev–Trinajstić information content (AvgIpc) is 3.75. The number of furan rings is 1. The molecule has 0 aliphatic carbocycles. The molecule has 0 saturated carbocycles. The summed E-state index contributed by atoms with van der Waals surface area (Å²) in [5, 5.41) is 9.50. The van der Waals surface area contributed by atoms with Gasteiger partial charge in [-0.3, -0.25) is 0 Å². The van der Waals surface area contributed by atoms with Crippen LogP contribution in [0.3, 0.4) is 0 Å². The summed E-state index contributed by atoms with van der Waals surface area (Å²) < 4.78 is 7.03. The molecule has 1 heterocycles. The average molecular weight is 790 g/mol. The van der Waals surface area contributed by atoms with E-state index in [1.54, 1.807) is 0 Å². The highest BCUT2D eigenvalue weighted by Gasteiger charge is 2.25. The first kappa shape index (κ1) is 35.7. The van der Waals surface area contributed by atoms with Crippen LogP contribution in [0.25, 0.3) is 98.8 Å². The summed E-state index contributed by atoms with van der Waals surface area (Å²) in [6.07, 6.45) is 0. The van der Waals surface area contributed by atoms with Crippen LogP contribution in [0.15, 0.2) is 241 Å². The second-order valence-electron chi connectivity index (χ2n) is 16.0. The van der Waals surface area contributed by atoms with Crippen molar-refractivity contribution in [1.82, 2.24) is 0 Å². The Hall–Kier alpha value is -8.20. The van der Waals surface area contributed by atoms with Crippen LogP contribution < -0.4 is 4.90 Å². The molecule has 0 fully saturated rings. The van der Waals surface area contributed by atoms with Crippen LogP contribution in [0, 0.1) is 0 Å². The van der Waals surface area contributed by atoms with Gasteiger partial charge in [0, 0.05) is 22.2 Å². The molecular formula is C60H39NO. The van der Waals surface area contributed by atoms with Gasteiger partial charge in [-0.2, -0.15) is 0 Å². The predicted octanol–water partition coefficient (Wildman–Crippen LogP) is 17.2. The first-order valence-electron chi connectivity index (χ1n) is 21.3. The number of hydrogen-bond donors (Lipinski definition) is 0. The van der Waals surface area contributed by atoms with Gasteiger partial charge in [0.15, 0.2) is 0 Å². The fraction of sp³-hybridized carbons (Fsp3) is 0. The summed E-state index contributed by atoms with van der Waals surface area (Å²) >= 11 is 0. The fourth-order valence-corrected chi connectivity index (χ4v) is 9.57. The Balaban J connectivity index is 1.12. The van der Waals surface area contributed by atoms with Crippen LogP contribution in [-0.2, 0) is 0 Å². The van der Waals surface area contributed by atoms with Crippen molar-refractivity contribution in [3.63, 3.8) is 0 Å². The Morgan fingerprint density at radius 2 is 0.903 bits per heavy atom. The van der Waals surface area contributed by atoms with Gasteiger partial charge in [0.2, 0.25) is 0 Å². The van der Waals surface area contributed by atoms with E-state index < -0.39 is 0 Å². The summed E-state index contributed by atoms with van der Waals surface area (Å²) in [4.78, 5) is 2.43. The first-order chi connectivity index (χ1) is 30.8. The van der Waals surface area contributed by atoms with Crippen LogP contribution in [0.5, 0.6) is 0 Å². The summed E-state index contributed by atoms with van der Waals surface area (Å²) in [5.74, 6) is 0. The van der Waals surface area contributed by atoms with E-state index >= 15 is 0 Å². The zero-order chi connectivity index (χ0) is 41.0. The van der Waals surface area contributed by atoms with Gasteiger partial charge < -0.3 is 9.32 Å². The van der Waals surface area contributed by atoms with Crippen molar-refractivity contribution in [2.75, 3.05) is 4.90 Å². The molecule has 12 aromatic rings. The molecule has 0 unspecified atom stereocenters. The van der Waals surface area contributed by atoms with Gasteiger partial charge in [-0.15, -0.1) is 0 Å². The molecular weight excluding hydrogens is 751 g/mol. The molecule has 0 aliphatic rings. The van der Waals surface area contributed by atoms with Crippen molar-refractivity contribution in [2.45, 2.75) is 0 Å². The smallest absolute Gasteiger partial charge is 0.145 e. The van der Waals surface area contributed by atoms with Gasteiger partial charge in [0.25, 0.3) is 0 Å². The molecule has 0 aliphatic heterocycles. The number of benzene rings is 11. The van der Waals surface area contributed by atoms with Crippen LogP contribution in [0.4, 0.5) is 17.1 Å². The maximum atomic E-state index is 7.03. The summed E-state index contributed by atoms with van der Waals surface area (Å²) in [6, 6.07) is 85.4. The first-order valence-corrected chi connectivity index (χ1v) is 21.3. The highest BCUT2D eigenvalue weighted by Crippen LogP contribution is 2.50. The molecule has 2 heteroatoms. The lowest BCUT2D eigenvalue weighted by molar-refractivity contribution is 0.670. The predicted molar refractivity (Wildman–Crippen MR) is 263 cm³/mol. The number of fused-ring (bicyclic) bond motifs is 7. The van der Waals surface area contributed by atoms with Gasteiger partial charge in [0.1, 0.15) is 11.2 Å². The Morgan fingerprint density at radius 1 is 0.290 bits per heavy atom. The summed E-state index contributed by atoms with van der Waals surface area (Å²) in [7, 11) is 0. The molecule has 0 radical (unpaired) electrons. The molecule has 0 saturated heterocycles. The van der Waals surface area contributed by atoms with Gasteiger partial charge in [-0.25, -0.2) is 0 Å². The molecule has 0 bridgehead atoms. The van der Waals surface area contributed by atoms with E-state index in [0.717, 1.165) is 61.3 Å². The Kier molecular flexibility index (Phi) is 8.53. The number of nitrogens with zero attached hydrogens (tertiary/aromatic N) is 1. The molecule has 0 amide bonds. The fourth-order valence-electron chi connectivity index (χ4n) is 9.57. The Bertz CT molecular complexity index is 3630. The highest BCUT2D eigenvalue weighted by atomic mass is 16.3. The molecule has 290 valence electrons. The van der Waals surface area contributed by atoms with Gasteiger partial charge in [-0.1, -0.05) is 188 Å². The van der Waals surface area contributed by atoms with E-state index in [4.69, 9.17) is 4.42 Å². The second kappa shape index (κ2) is 14.8. The Morgan fingerprint density at radius 3 is 1.76 bits per heavy atom. The van der Waals surface area contributed by atoms with E-state index in [0.29, 0.717) is 0 Å². The van der Waals surface area contributed by atoms with E-state index in [-0.39, 0.29) is 0 Å². The minimum atomic E-state index is 0.858. The SMILES string of the molecule is c1ccc(-c2cccc(-c3ccccc3N(c3ccc(-c4cccc5ccccc45)cc3)c3ccc(-c4cc5ccccc5c5ccccc45)c4oc5ccccc5c34)c2)cc1. The van der Waals surface area contributed by atoms with Crippen LogP contribution >= 0.6 is 0 Å². The summed E-state index contributed by atoms with van der Waals surface area (Å²) in [6.45, 7) is 0. The monoisotopic (exact) mass is 789 g/mol. The molecule has 1 aromatic heterocycles. The minimum Gasteiger partial charge on any atom is -0.455 e. The third-order valence-corrected chi connectivity index (χ3v) is 12.5. The van der Waals surface area contributed by atoms with Crippen LogP contribution in [0.1, 0.15) is 0 Å². The third-order valence-electron chi connectivity index (χ3n) is 12.5. The van der Waals surface area contributed by atoms with E-state index in [1.165, 1.54) is 54.6 Å². The van der Waals surface area contributed by atoms with Crippen molar-refractivity contribution >= 4 is 71.3 Å². The van der Waals surface area contributed by atoms with Crippen molar-refractivity contribution in [3.05, 3.63) is 237 Å². The molecule has 0 N–H and O–H groups in total. The van der Waals surface area contributed by atoms with E-state index in [1.807, 2.05) is 0 Å². The maximum Gasteiger partial charge on any atom is 0.145 e. The van der Waals surface area contributed by atoms with Crippen molar-refractivity contribution in [2.24, 2.45) is 0 Å². The molecule has 12 rings (SSSR count). The lowest BCUT2D eigenvalue weighted by Gasteiger charge is -2.29. The Labute approximate surface area is 360 Å². The largest absolute Gasteiger partial charge is 0.455 e. The zero-order valence-corrected chi connectivity index (χ0v) is 33.9. The van der Waals surface area contributed by atoms with Gasteiger partial charge in [-0.05, 0) is 114 Å². The molecule has 0 atom stereocenters. The lowest BCUT2D eigenvalue weighted by Crippen LogP contribution is -2.12.